The van der Waals surface area contributed by atoms with E-state index < -0.39 is 0 Å². The molecule has 3 heteroatoms. The lowest BCUT2D eigenvalue weighted by Crippen LogP contribution is -2.11. The molecule has 0 radical (unpaired) electrons. The highest BCUT2D eigenvalue weighted by Gasteiger charge is 2.20. The molecule has 0 amide bonds. The summed E-state index contributed by atoms with van der Waals surface area (Å²) in [5.74, 6) is 0. The van der Waals surface area contributed by atoms with E-state index in [2.05, 4.69) is 240 Å². The zero-order chi connectivity index (χ0) is 41.4. The van der Waals surface area contributed by atoms with Gasteiger partial charge in [-0.1, -0.05) is 152 Å². The molecule has 0 saturated carbocycles. The minimum atomic E-state index is 0.887. The summed E-state index contributed by atoms with van der Waals surface area (Å²) in [5.41, 5.74) is 13.2. The Morgan fingerprint density at radius 3 is 1.63 bits per heavy atom. The van der Waals surface area contributed by atoms with Gasteiger partial charge in [-0.2, -0.15) is 0 Å². The maximum absolute atomic E-state index is 6.55. The van der Waals surface area contributed by atoms with E-state index in [0.717, 1.165) is 61.2 Å². The number of fused-ring (bicyclic) bond motifs is 11. The maximum atomic E-state index is 6.55. The first-order valence-electron chi connectivity index (χ1n) is 21.6. The molecule has 0 atom stereocenters. The number of rotatable bonds is 6. The lowest BCUT2D eigenvalue weighted by molar-refractivity contribution is 0.672. The number of nitrogens with zero attached hydrogens (tertiary/aromatic N) is 2. The van der Waals surface area contributed by atoms with E-state index in [1.807, 2.05) is 0 Å². The van der Waals surface area contributed by atoms with Gasteiger partial charge in [0, 0.05) is 49.6 Å². The minimum absolute atomic E-state index is 0.887. The zero-order valence-corrected chi connectivity index (χ0v) is 34.2. The molecule has 11 aromatic carbocycles. The molecule has 0 aliphatic carbocycles. The molecule has 0 fully saturated rings. The van der Waals surface area contributed by atoms with Crippen LogP contribution in [0.4, 0.5) is 17.1 Å². The van der Waals surface area contributed by atoms with Gasteiger partial charge in [0.15, 0.2) is 0 Å². The van der Waals surface area contributed by atoms with Gasteiger partial charge < -0.3 is 13.9 Å². The topological polar surface area (TPSA) is 21.3 Å². The molecule has 2 aromatic heterocycles. The number of aromatic nitrogens is 1. The van der Waals surface area contributed by atoms with Gasteiger partial charge in [0.2, 0.25) is 0 Å². The fourth-order valence-electron chi connectivity index (χ4n) is 9.96. The molecule has 2 heterocycles. The second kappa shape index (κ2) is 14.1. The Morgan fingerprint density at radius 2 is 0.873 bits per heavy atom. The highest BCUT2D eigenvalue weighted by atomic mass is 16.3. The van der Waals surface area contributed by atoms with Gasteiger partial charge in [-0.3, -0.25) is 0 Å². The van der Waals surface area contributed by atoms with Gasteiger partial charge >= 0.3 is 0 Å². The van der Waals surface area contributed by atoms with E-state index in [0.29, 0.717) is 0 Å². The molecule has 0 N–H and O–H groups in total. The van der Waals surface area contributed by atoms with E-state index in [4.69, 9.17) is 4.42 Å². The third kappa shape index (κ3) is 5.67. The standard InChI is InChI=1S/C60H38N2O/c1-3-13-48-40(11-1)21-22-43-37-42(26-34-49(43)48)39-23-28-45(29-24-39)61(46-30-32-47(33-31-46)62-57-19-9-6-16-52(57)53-17-7-10-20-58(53)62)56-18-8-5-14-50(56)44-27-36-59-55(38-44)54-35-25-41-12-2-4-15-51(41)60(54)63-59/h1-38H. The van der Waals surface area contributed by atoms with Crippen LogP contribution < -0.4 is 4.90 Å². The number of furan rings is 1. The first-order valence-corrected chi connectivity index (χ1v) is 21.6. The van der Waals surface area contributed by atoms with E-state index in [-0.39, 0.29) is 0 Å². The van der Waals surface area contributed by atoms with Crippen molar-refractivity contribution in [3.05, 3.63) is 231 Å². The largest absolute Gasteiger partial charge is 0.455 e. The van der Waals surface area contributed by atoms with E-state index in [1.54, 1.807) is 0 Å². The molecule has 3 nitrogen and oxygen atoms in total. The summed E-state index contributed by atoms with van der Waals surface area (Å²) in [4.78, 5) is 2.40. The normalized spacial score (nSPS) is 11.8. The van der Waals surface area contributed by atoms with Crippen LogP contribution in [0.25, 0.3) is 104 Å². The smallest absolute Gasteiger partial charge is 0.143 e. The second-order valence-electron chi connectivity index (χ2n) is 16.5. The maximum Gasteiger partial charge on any atom is 0.143 e. The number of hydrogen-bond acceptors (Lipinski definition) is 2. The van der Waals surface area contributed by atoms with Crippen LogP contribution in [0.2, 0.25) is 0 Å². The van der Waals surface area contributed by atoms with Crippen molar-refractivity contribution in [2.45, 2.75) is 0 Å². The molecule has 0 saturated heterocycles. The fraction of sp³-hybridized carbons (Fsp3) is 0. The Morgan fingerprint density at radius 1 is 0.333 bits per heavy atom. The summed E-state index contributed by atoms with van der Waals surface area (Å²) in [6, 6.07) is 83.6. The van der Waals surface area contributed by atoms with Crippen molar-refractivity contribution in [2.75, 3.05) is 4.90 Å². The van der Waals surface area contributed by atoms with E-state index >= 15 is 0 Å². The summed E-state index contributed by atoms with van der Waals surface area (Å²) in [7, 11) is 0. The highest BCUT2D eigenvalue weighted by Crippen LogP contribution is 2.44. The van der Waals surface area contributed by atoms with Crippen molar-refractivity contribution in [3.8, 4) is 27.9 Å². The molecule has 294 valence electrons. The van der Waals surface area contributed by atoms with Crippen molar-refractivity contribution >= 4 is 93.1 Å². The summed E-state index contributed by atoms with van der Waals surface area (Å²) in [6.07, 6.45) is 0. The predicted octanol–water partition coefficient (Wildman–Crippen LogP) is 16.9. The van der Waals surface area contributed by atoms with Gasteiger partial charge in [0.05, 0.1) is 16.7 Å². The molecule has 13 rings (SSSR count). The molecule has 13 aromatic rings. The molecule has 0 aliphatic rings. The number of para-hydroxylation sites is 3. The SMILES string of the molecule is c1ccc(N(c2ccc(-c3ccc4c(ccc5ccccc54)c3)cc2)c2ccc(-n3c4ccccc4c4ccccc43)cc2)c(-c2ccc3oc4c5ccccc5ccc4c3c2)c1. The van der Waals surface area contributed by atoms with Crippen LogP contribution in [0.1, 0.15) is 0 Å². The van der Waals surface area contributed by atoms with Crippen molar-refractivity contribution in [1.29, 1.82) is 0 Å². The monoisotopic (exact) mass is 802 g/mol. The van der Waals surface area contributed by atoms with Crippen LogP contribution in [-0.4, -0.2) is 4.57 Å². The Bertz CT molecular complexity index is 3860. The molecular formula is C60H38N2O. The molecule has 0 aliphatic heterocycles. The predicted molar refractivity (Wildman–Crippen MR) is 266 cm³/mol. The lowest BCUT2D eigenvalue weighted by atomic mass is 9.97. The Hall–Kier alpha value is -8.40. The highest BCUT2D eigenvalue weighted by molar-refractivity contribution is 6.16. The van der Waals surface area contributed by atoms with E-state index in [9.17, 15) is 0 Å². The summed E-state index contributed by atoms with van der Waals surface area (Å²) in [6.45, 7) is 0. The van der Waals surface area contributed by atoms with Crippen LogP contribution in [0, 0.1) is 0 Å². The molecule has 0 spiro atoms. The first-order chi connectivity index (χ1) is 31.2. The minimum Gasteiger partial charge on any atom is -0.455 e. The summed E-state index contributed by atoms with van der Waals surface area (Å²) < 4.78 is 8.92. The third-order valence-corrected chi connectivity index (χ3v) is 13.0. The van der Waals surface area contributed by atoms with Gasteiger partial charge in [-0.25, -0.2) is 0 Å². The van der Waals surface area contributed by atoms with Crippen molar-refractivity contribution in [1.82, 2.24) is 4.57 Å². The average molecular weight is 803 g/mol. The second-order valence-corrected chi connectivity index (χ2v) is 16.5. The molecular weight excluding hydrogens is 765 g/mol. The molecule has 0 bridgehead atoms. The quantitative estimate of drug-likeness (QED) is 0.156. The Labute approximate surface area is 363 Å². The molecule has 0 unspecified atom stereocenters. The summed E-state index contributed by atoms with van der Waals surface area (Å²) >= 11 is 0. The fourth-order valence-corrected chi connectivity index (χ4v) is 9.96. The number of benzene rings is 11. The number of anilines is 3. The van der Waals surface area contributed by atoms with Gasteiger partial charge in [0.1, 0.15) is 11.2 Å². The van der Waals surface area contributed by atoms with Gasteiger partial charge in [0.25, 0.3) is 0 Å². The van der Waals surface area contributed by atoms with Crippen molar-refractivity contribution < 1.29 is 4.42 Å². The van der Waals surface area contributed by atoms with Crippen LogP contribution in [0.15, 0.2) is 235 Å². The molecule has 63 heavy (non-hydrogen) atoms. The summed E-state index contributed by atoms with van der Waals surface area (Å²) in [5, 5.41) is 12.1. The van der Waals surface area contributed by atoms with E-state index in [1.165, 1.54) is 59.9 Å². The van der Waals surface area contributed by atoms with Crippen molar-refractivity contribution in [3.63, 3.8) is 0 Å². The number of hydrogen-bond donors (Lipinski definition) is 0. The van der Waals surface area contributed by atoms with Gasteiger partial charge in [-0.15, -0.1) is 0 Å². The third-order valence-electron chi connectivity index (χ3n) is 13.0. The first kappa shape index (κ1) is 35.4. The van der Waals surface area contributed by atoms with Crippen LogP contribution in [-0.2, 0) is 0 Å². The Kier molecular flexibility index (Phi) is 7.91. The van der Waals surface area contributed by atoms with Crippen LogP contribution in [0.3, 0.4) is 0 Å². The zero-order valence-electron chi connectivity index (χ0n) is 34.2. The van der Waals surface area contributed by atoms with Gasteiger partial charge in [-0.05, 0) is 122 Å². The van der Waals surface area contributed by atoms with Crippen LogP contribution in [0.5, 0.6) is 0 Å². The lowest BCUT2D eigenvalue weighted by Gasteiger charge is -2.28. The average Bonchev–Trinajstić information content (AvgIpc) is 3.90. The van der Waals surface area contributed by atoms with Crippen LogP contribution >= 0.6 is 0 Å². The Balaban J connectivity index is 0.953. The van der Waals surface area contributed by atoms with Crippen molar-refractivity contribution in [2.24, 2.45) is 0 Å².